The van der Waals surface area contributed by atoms with Crippen molar-refractivity contribution in [3.8, 4) is 0 Å². The minimum atomic E-state index is -3.66. The van der Waals surface area contributed by atoms with Crippen LogP contribution in [0.3, 0.4) is 0 Å². The summed E-state index contributed by atoms with van der Waals surface area (Å²) in [5.41, 5.74) is 0.403. The van der Waals surface area contributed by atoms with Gasteiger partial charge in [-0.25, -0.2) is 8.42 Å². The molecular formula is C15H20N2O4S. The van der Waals surface area contributed by atoms with E-state index < -0.39 is 10.0 Å². The number of furan rings is 1. The van der Waals surface area contributed by atoms with Gasteiger partial charge in [-0.1, -0.05) is 18.0 Å². The third-order valence-corrected chi connectivity index (χ3v) is 6.26. The highest BCUT2D eigenvalue weighted by molar-refractivity contribution is 7.89. The summed E-state index contributed by atoms with van der Waals surface area (Å²) < 4.78 is 38.3. The van der Waals surface area contributed by atoms with E-state index in [-0.39, 0.29) is 10.9 Å². The molecule has 6 nitrogen and oxygen atoms in total. The summed E-state index contributed by atoms with van der Waals surface area (Å²) in [7, 11) is -3.66. The zero-order valence-electron chi connectivity index (χ0n) is 12.8. The standard InChI is InChI=1S/C15H20N2O4S/c1-11-15(12(2)21-16-11)22(18,19)17-9-5-3-4-7-13(17)14-8-6-10-20-14/h6,8,10,13H,3-5,7,9H2,1-2H3/t13-/m0/s1. The number of rotatable bonds is 3. The quantitative estimate of drug-likeness (QED) is 0.866. The molecule has 0 amide bonds. The summed E-state index contributed by atoms with van der Waals surface area (Å²) in [6.07, 6.45) is 5.20. The molecule has 1 aliphatic rings. The Morgan fingerprint density at radius 1 is 1.27 bits per heavy atom. The first-order chi connectivity index (χ1) is 10.5. The van der Waals surface area contributed by atoms with E-state index >= 15 is 0 Å². The molecule has 1 saturated heterocycles. The molecule has 1 fully saturated rings. The van der Waals surface area contributed by atoms with Gasteiger partial charge >= 0.3 is 0 Å². The minimum absolute atomic E-state index is 0.186. The van der Waals surface area contributed by atoms with Gasteiger partial charge in [0, 0.05) is 6.54 Å². The van der Waals surface area contributed by atoms with Gasteiger partial charge in [-0.3, -0.25) is 0 Å². The van der Waals surface area contributed by atoms with Crippen LogP contribution in [0.15, 0.2) is 32.2 Å². The van der Waals surface area contributed by atoms with Crippen molar-refractivity contribution in [2.45, 2.75) is 50.5 Å². The summed E-state index contributed by atoms with van der Waals surface area (Å²) in [4.78, 5) is 0.186. The van der Waals surface area contributed by atoms with Crippen LogP contribution in [0.5, 0.6) is 0 Å². The normalized spacial score (nSPS) is 20.9. The molecule has 3 heterocycles. The fraction of sp³-hybridized carbons (Fsp3) is 0.533. The second-order valence-corrected chi connectivity index (χ2v) is 7.48. The van der Waals surface area contributed by atoms with Crippen LogP contribution in [0.25, 0.3) is 0 Å². The van der Waals surface area contributed by atoms with E-state index in [0.717, 1.165) is 25.7 Å². The molecule has 0 radical (unpaired) electrons. The SMILES string of the molecule is Cc1noc(C)c1S(=O)(=O)N1CCCCC[C@H]1c1ccco1. The van der Waals surface area contributed by atoms with Crippen LogP contribution in [0.1, 0.15) is 48.9 Å². The topological polar surface area (TPSA) is 76.6 Å². The molecule has 2 aromatic rings. The van der Waals surface area contributed by atoms with Gasteiger partial charge in [-0.2, -0.15) is 4.31 Å². The molecule has 0 bridgehead atoms. The van der Waals surface area contributed by atoms with Crippen molar-refractivity contribution in [2.24, 2.45) is 0 Å². The number of sulfonamides is 1. The molecular weight excluding hydrogens is 304 g/mol. The summed E-state index contributed by atoms with van der Waals surface area (Å²) in [5, 5.41) is 3.78. The summed E-state index contributed by atoms with van der Waals surface area (Å²) in [6, 6.07) is 3.36. The van der Waals surface area contributed by atoms with Crippen LogP contribution in [-0.4, -0.2) is 24.4 Å². The predicted molar refractivity (Wildman–Crippen MR) is 79.8 cm³/mol. The van der Waals surface area contributed by atoms with Gasteiger partial charge in [0.1, 0.15) is 16.3 Å². The Morgan fingerprint density at radius 2 is 2.09 bits per heavy atom. The minimum Gasteiger partial charge on any atom is -0.468 e. The zero-order chi connectivity index (χ0) is 15.7. The highest BCUT2D eigenvalue weighted by Crippen LogP contribution is 2.36. The van der Waals surface area contributed by atoms with E-state index in [1.54, 1.807) is 30.5 Å². The number of aryl methyl sites for hydroxylation is 2. The zero-order valence-corrected chi connectivity index (χ0v) is 13.6. The van der Waals surface area contributed by atoms with E-state index in [1.165, 1.54) is 0 Å². The van der Waals surface area contributed by atoms with Gasteiger partial charge in [-0.05, 0) is 38.8 Å². The van der Waals surface area contributed by atoms with Gasteiger partial charge < -0.3 is 8.94 Å². The largest absolute Gasteiger partial charge is 0.468 e. The Kier molecular flexibility index (Phi) is 4.10. The summed E-state index contributed by atoms with van der Waals surface area (Å²) in [6.45, 7) is 3.77. The summed E-state index contributed by atoms with van der Waals surface area (Å²) in [5.74, 6) is 1.03. The van der Waals surface area contributed by atoms with E-state index in [2.05, 4.69) is 5.16 Å². The molecule has 3 rings (SSSR count). The van der Waals surface area contributed by atoms with E-state index in [0.29, 0.717) is 23.8 Å². The lowest BCUT2D eigenvalue weighted by Gasteiger charge is -2.27. The average molecular weight is 324 g/mol. The first kappa shape index (κ1) is 15.3. The van der Waals surface area contributed by atoms with Crippen molar-refractivity contribution < 1.29 is 17.4 Å². The molecule has 120 valence electrons. The molecule has 2 aromatic heterocycles. The maximum atomic E-state index is 13.1. The number of hydrogen-bond donors (Lipinski definition) is 0. The van der Waals surface area contributed by atoms with Crippen molar-refractivity contribution in [1.82, 2.24) is 9.46 Å². The average Bonchev–Trinajstić information content (AvgIpc) is 3.03. The second kappa shape index (κ2) is 5.89. The van der Waals surface area contributed by atoms with Crippen molar-refractivity contribution >= 4 is 10.0 Å². The molecule has 0 aromatic carbocycles. The molecule has 1 aliphatic heterocycles. The van der Waals surface area contributed by atoms with Crippen LogP contribution in [0, 0.1) is 13.8 Å². The Labute approximate surface area is 130 Å². The molecule has 0 aliphatic carbocycles. The van der Waals surface area contributed by atoms with Gasteiger partial charge in [0.2, 0.25) is 10.0 Å². The maximum Gasteiger partial charge on any atom is 0.249 e. The lowest BCUT2D eigenvalue weighted by molar-refractivity contribution is 0.285. The summed E-state index contributed by atoms with van der Waals surface area (Å²) >= 11 is 0. The smallest absolute Gasteiger partial charge is 0.249 e. The molecule has 22 heavy (non-hydrogen) atoms. The fourth-order valence-electron chi connectivity index (χ4n) is 3.09. The van der Waals surface area contributed by atoms with Gasteiger partial charge in [0.15, 0.2) is 5.76 Å². The van der Waals surface area contributed by atoms with Crippen molar-refractivity contribution in [3.63, 3.8) is 0 Å². The van der Waals surface area contributed by atoms with Crippen molar-refractivity contribution in [1.29, 1.82) is 0 Å². The molecule has 0 N–H and O–H groups in total. The predicted octanol–water partition coefficient (Wildman–Crippen LogP) is 3.19. The molecule has 0 spiro atoms. The first-order valence-corrected chi connectivity index (χ1v) is 8.94. The van der Waals surface area contributed by atoms with Crippen LogP contribution >= 0.6 is 0 Å². The van der Waals surface area contributed by atoms with E-state index in [1.807, 2.05) is 6.07 Å². The Hall–Kier alpha value is -1.60. The monoisotopic (exact) mass is 324 g/mol. The first-order valence-electron chi connectivity index (χ1n) is 7.50. The Bertz CT molecular complexity index is 714. The lowest BCUT2D eigenvalue weighted by Crippen LogP contribution is -2.35. The van der Waals surface area contributed by atoms with Crippen molar-refractivity contribution in [3.05, 3.63) is 35.6 Å². The number of aromatic nitrogens is 1. The number of nitrogens with zero attached hydrogens (tertiary/aromatic N) is 2. The second-order valence-electron chi connectivity index (χ2n) is 5.65. The van der Waals surface area contributed by atoms with E-state index in [4.69, 9.17) is 8.94 Å². The van der Waals surface area contributed by atoms with Gasteiger partial charge in [0.05, 0.1) is 12.3 Å². The Balaban J connectivity index is 2.06. The van der Waals surface area contributed by atoms with Crippen LogP contribution < -0.4 is 0 Å². The van der Waals surface area contributed by atoms with E-state index in [9.17, 15) is 8.42 Å². The highest BCUT2D eigenvalue weighted by atomic mass is 32.2. The van der Waals surface area contributed by atoms with Crippen LogP contribution in [-0.2, 0) is 10.0 Å². The Morgan fingerprint density at radius 3 is 2.73 bits per heavy atom. The third kappa shape index (κ3) is 2.59. The lowest BCUT2D eigenvalue weighted by atomic mass is 10.1. The number of hydrogen-bond acceptors (Lipinski definition) is 5. The molecule has 0 unspecified atom stereocenters. The molecule has 0 saturated carbocycles. The molecule has 7 heteroatoms. The van der Waals surface area contributed by atoms with Crippen LogP contribution in [0.4, 0.5) is 0 Å². The van der Waals surface area contributed by atoms with Crippen LogP contribution in [0.2, 0.25) is 0 Å². The van der Waals surface area contributed by atoms with Gasteiger partial charge in [-0.15, -0.1) is 0 Å². The molecule has 1 atom stereocenters. The van der Waals surface area contributed by atoms with Crippen molar-refractivity contribution in [2.75, 3.05) is 6.54 Å². The third-order valence-electron chi connectivity index (χ3n) is 4.11. The highest BCUT2D eigenvalue weighted by Gasteiger charge is 2.38. The van der Waals surface area contributed by atoms with Gasteiger partial charge in [0.25, 0.3) is 0 Å². The fourth-order valence-corrected chi connectivity index (χ4v) is 5.05. The maximum absolute atomic E-state index is 13.1.